The van der Waals surface area contributed by atoms with Gasteiger partial charge in [0.2, 0.25) is 6.79 Å². The maximum Gasteiger partial charge on any atom is 0.231 e. The number of carbonyl (C=O) groups is 1. The Kier molecular flexibility index (Phi) is 4.58. The van der Waals surface area contributed by atoms with Gasteiger partial charge in [-0.05, 0) is 47.5 Å². The fourth-order valence-corrected chi connectivity index (χ4v) is 3.70. The molecule has 0 atom stereocenters. The zero-order chi connectivity index (χ0) is 20.8. The highest BCUT2D eigenvalue weighted by atomic mass is 32.2. The molecule has 4 rings (SSSR count). The largest absolute Gasteiger partial charge is 0.454 e. The van der Waals surface area contributed by atoms with Crippen LogP contribution < -0.4 is 9.47 Å². The van der Waals surface area contributed by atoms with E-state index in [1.807, 2.05) is 0 Å². The van der Waals surface area contributed by atoms with E-state index in [1.54, 1.807) is 18.2 Å². The molecule has 0 bridgehead atoms. The van der Waals surface area contributed by atoms with Crippen molar-refractivity contribution in [3.8, 4) is 22.6 Å². The lowest BCUT2D eigenvalue weighted by molar-refractivity contribution is 0.103. The van der Waals surface area contributed by atoms with E-state index >= 15 is 0 Å². The predicted octanol–water partition coefficient (Wildman–Crippen LogP) is 4.00. The molecule has 0 spiro atoms. The van der Waals surface area contributed by atoms with Gasteiger partial charge in [-0.2, -0.15) is 0 Å². The number of hydrogen-bond donors (Lipinski definition) is 0. The highest BCUT2D eigenvalue weighted by molar-refractivity contribution is 7.90. The zero-order valence-electron chi connectivity index (χ0n) is 15.1. The number of fused-ring (bicyclic) bond motifs is 1. The molecule has 8 heteroatoms. The third kappa shape index (κ3) is 3.58. The molecule has 3 aromatic carbocycles. The Morgan fingerprint density at radius 1 is 0.897 bits per heavy atom. The van der Waals surface area contributed by atoms with Gasteiger partial charge in [0.25, 0.3) is 0 Å². The van der Waals surface area contributed by atoms with Gasteiger partial charge in [0, 0.05) is 17.9 Å². The van der Waals surface area contributed by atoms with Crippen molar-refractivity contribution in [1.82, 2.24) is 0 Å². The first-order valence-corrected chi connectivity index (χ1v) is 10.4. The summed E-state index contributed by atoms with van der Waals surface area (Å²) in [4.78, 5) is 13.2. The smallest absolute Gasteiger partial charge is 0.231 e. The minimum atomic E-state index is -3.39. The second-order valence-electron chi connectivity index (χ2n) is 6.50. The second kappa shape index (κ2) is 6.97. The Balaban J connectivity index is 1.87. The molecule has 1 aliphatic heterocycles. The van der Waals surface area contributed by atoms with Crippen LogP contribution in [0.25, 0.3) is 11.1 Å². The van der Waals surface area contributed by atoms with Gasteiger partial charge in [-0.25, -0.2) is 17.2 Å². The maximum absolute atomic E-state index is 14.2. The highest BCUT2D eigenvalue weighted by Crippen LogP contribution is 2.40. The van der Waals surface area contributed by atoms with Gasteiger partial charge in [0.05, 0.1) is 10.5 Å². The van der Waals surface area contributed by atoms with E-state index in [-0.39, 0.29) is 22.8 Å². The van der Waals surface area contributed by atoms with Gasteiger partial charge in [0.1, 0.15) is 11.6 Å². The van der Waals surface area contributed by atoms with Crippen LogP contribution in [-0.2, 0) is 9.84 Å². The first kappa shape index (κ1) is 19.1. The normalized spacial score (nSPS) is 12.8. The van der Waals surface area contributed by atoms with Gasteiger partial charge < -0.3 is 9.47 Å². The standard InChI is InChI=1S/C21H14F2O5S/c1-29(25,26)14-5-2-12(3-6-14)16-9-19-20(28-11-27-19)10-17(16)21(24)15-7-4-13(22)8-18(15)23/h2-10H,11H2,1H3. The van der Waals surface area contributed by atoms with E-state index in [1.165, 1.54) is 18.2 Å². The summed E-state index contributed by atoms with van der Waals surface area (Å²) < 4.78 is 61.5. The SMILES string of the molecule is CS(=O)(=O)c1ccc(-c2cc3c(cc2C(=O)c2ccc(F)cc2F)OCO3)cc1. The molecule has 1 aliphatic rings. The number of halogens is 2. The molecule has 0 saturated heterocycles. The summed E-state index contributed by atoms with van der Waals surface area (Å²) in [5, 5.41) is 0. The molecular formula is C21H14F2O5S. The van der Waals surface area contributed by atoms with Crippen molar-refractivity contribution < 1.29 is 31.5 Å². The molecule has 0 radical (unpaired) electrons. The summed E-state index contributed by atoms with van der Waals surface area (Å²) in [6, 6.07) is 11.7. The molecular weight excluding hydrogens is 402 g/mol. The number of hydrogen-bond acceptors (Lipinski definition) is 5. The molecule has 0 fully saturated rings. The topological polar surface area (TPSA) is 69.7 Å². The highest BCUT2D eigenvalue weighted by Gasteiger charge is 2.24. The molecule has 0 amide bonds. The number of ketones is 1. The number of rotatable bonds is 4. The minimum absolute atomic E-state index is 0.0235. The van der Waals surface area contributed by atoms with Crippen molar-refractivity contribution in [1.29, 1.82) is 0 Å². The summed E-state index contributed by atoms with van der Waals surface area (Å²) in [6.45, 7) is -0.0235. The molecule has 3 aromatic rings. The van der Waals surface area contributed by atoms with E-state index in [0.29, 0.717) is 28.7 Å². The predicted molar refractivity (Wildman–Crippen MR) is 101 cm³/mol. The van der Waals surface area contributed by atoms with Crippen LogP contribution in [-0.4, -0.2) is 27.2 Å². The molecule has 0 saturated carbocycles. The molecule has 1 heterocycles. The first-order valence-electron chi connectivity index (χ1n) is 8.48. The van der Waals surface area contributed by atoms with Gasteiger partial charge in [-0.1, -0.05) is 12.1 Å². The summed E-state index contributed by atoms with van der Waals surface area (Å²) in [6.07, 6.45) is 1.09. The van der Waals surface area contributed by atoms with Gasteiger partial charge in [0.15, 0.2) is 27.1 Å². The number of sulfone groups is 1. The van der Waals surface area contributed by atoms with Crippen molar-refractivity contribution in [3.63, 3.8) is 0 Å². The van der Waals surface area contributed by atoms with Crippen molar-refractivity contribution in [3.05, 3.63) is 77.4 Å². The summed E-state index contributed by atoms with van der Waals surface area (Å²) in [5.41, 5.74) is 0.760. The lowest BCUT2D eigenvalue weighted by atomic mass is 9.93. The quantitative estimate of drug-likeness (QED) is 0.602. The molecule has 0 N–H and O–H groups in total. The van der Waals surface area contributed by atoms with E-state index in [0.717, 1.165) is 18.4 Å². The molecule has 0 unspecified atom stereocenters. The summed E-state index contributed by atoms with van der Waals surface area (Å²) in [7, 11) is -3.39. The minimum Gasteiger partial charge on any atom is -0.454 e. The van der Waals surface area contributed by atoms with Crippen molar-refractivity contribution in [2.45, 2.75) is 4.90 Å². The number of ether oxygens (including phenoxy) is 2. The van der Waals surface area contributed by atoms with Crippen LogP contribution in [0.15, 0.2) is 59.5 Å². The van der Waals surface area contributed by atoms with Gasteiger partial charge in [-0.3, -0.25) is 4.79 Å². The molecule has 29 heavy (non-hydrogen) atoms. The van der Waals surface area contributed by atoms with Crippen LogP contribution in [0.4, 0.5) is 8.78 Å². The van der Waals surface area contributed by atoms with E-state index < -0.39 is 27.3 Å². The summed E-state index contributed by atoms with van der Waals surface area (Å²) in [5.74, 6) is -1.70. The molecule has 0 aromatic heterocycles. The van der Waals surface area contributed by atoms with Crippen LogP contribution in [0.3, 0.4) is 0 Å². The maximum atomic E-state index is 14.2. The molecule has 0 aliphatic carbocycles. The lowest BCUT2D eigenvalue weighted by Gasteiger charge is -2.12. The lowest BCUT2D eigenvalue weighted by Crippen LogP contribution is -2.07. The Morgan fingerprint density at radius 2 is 1.55 bits per heavy atom. The first-order chi connectivity index (χ1) is 13.7. The monoisotopic (exact) mass is 416 g/mol. The van der Waals surface area contributed by atoms with Crippen LogP contribution in [0.1, 0.15) is 15.9 Å². The van der Waals surface area contributed by atoms with Crippen molar-refractivity contribution in [2.75, 3.05) is 13.0 Å². The van der Waals surface area contributed by atoms with E-state index in [2.05, 4.69) is 0 Å². The molecule has 148 valence electrons. The second-order valence-corrected chi connectivity index (χ2v) is 8.52. The van der Waals surface area contributed by atoms with E-state index in [4.69, 9.17) is 9.47 Å². The third-order valence-corrected chi connectivity index (χ3v) is 5.66. The van der Waals surface area contributed by atoms with Crippen LogP contribution in [0.2, 0.25) is 0 Å². The van der Waals surface area contributed by atoms with Gasteiger partial charge >= 0.3 is 0 Å². The zero-order valence-corrected chi connectivity index (χ0v) is 15.9. The Bertz CT molecular complexity index is 1230. The van der Waals surface area contributed by atoms with Crippen molar-refractivity contribution in [2.24, 2.45) is 0 Å². The average Bonchev–Trinajstić information content (AvgIpc) is 3.13. The van der Waals surface area contributed by atoms with Crippen LogP contribution in [0.5, 0.6) is 11.5 Å². The Labute approximate surface area is 165 Å². The fraction of sp³-hybridized carbons (Fsp3) is 0.0952. The number of carbonyl (C=O) groups excluding carboxylic acids is 1. The third-order valence-electron chi connectivity index (χ3n) is 4.53. The fourth-order valence-electron chi connectivity index (χ4n) is 3.07. The van der Waals surface area contributed by atoms with Crippen LogP contribution >= 0.6 is 0 Å². The average molecular weight is 416 g/mol. The number of benzene rings is 3. The Hall–Kier alpha value is -3.26. The van der Waals surface area contributed by atoms with Crippen LogP contribution in [0, 0.1) is 11.6 Å². The van der Waals surface area contributed by atoms with Gasteiger partial charge in [-0.15, -0.1) is 0 Å². The van der Waals surface area contributed by atoms with E-state index in [9.17, 15) is 22.0 Å². The van der Waals surface area contributed by atoms with Crippen molar-refractivity contribution >= 4 is 15.6 Å². The summed E-state index contributed by atoms with van der Waals surface area (Å²) >= 11 is 0. The Morgan fingerprint density at radius 3 is 2.17 bits per heavy atom. The molecule has 5 nitrogen and oxygen atoms in total.